The summed E-state index contributed by atoms with van der Waals surface area (Å²) in [6, 6.07) is 11.6. The molecular weight excluding hydrogens is 401 g/mol. The third-order valence-electron chi connectivity index (χ3n) is 3.31. The van der Waals surface area contributed by atoms with E-state index >= 15 is 0 Å². The van der Waals surface area contributed by atoms with E-state index in [1.54, 1.807) is 36.4 Å². The number of anilines is 4. The van der Waals surface area contributed by atoms with E-state index in [0.29, 0.717) is 26.4 Å². The lowest BCUT2D eigenvalue weighted by Gasteiger charge is -2.11. The maximum absolute atomic E-state index is 11.6. The molecule has 0 amide bonds. The first-order valence-electron chi connectivity index (χ1n) is 7.18. The van der Waals surface area contributed by atoms with Crippen LogP contribution in [-0.2, 0) is 0 Å². The van der Waals surface area contributed by atoms with Crippen LogP contribution in [0.3, 0.4) is 0 Å². The van der Waals surface area contributed by atoms with Gasteiger partial charge in [0.2, 0.25) is 11.6 Å². The van der Waals surface area contributed by atoms with Gasteiger partial charge < -0.3 is 10.6 Å². The Morgan fingerprint density at radius 1 is 0.885 bits per heavy atom. The molecule has 0 aliphatic heterocycles. The molecule has 0 radical (unpaired) electrons. The molecule has 0 atom stereocenters. The van der Waals surface area contributed by atoms with Crippen LogP contribution in [0, 0.1) is 10.1 Å². The molecule has 0 saturated carbocycles. The van der Waals surface area contributed by atoms with E-state index in [4.69, 9.17) is 34.8 Å². The zero-order valence-corrected chi connectivity index (χ0v) is 15.2. The van der Waals surface area contributed by atoms with Gasteiger partial charge in [-0.25, -0.2) is 9.97 Å². The Hall–Kier alpha value is -2.61. The Bertz CT molecular complexity index is 984. The van der Waals surface area contributed by atoms with Crippen molar-refractivity contribution in [2.45, 2.75) is 0 Å². The standard InChI is InChI=1S/C16H10Cl3N5O2/c17-10-6-5-9(7-12(10)19)22-15-14(24(25)26)16(21-8-20-15)23-13-4-2-1-3-11(13)18/h1-8H,(H2,20,21,22,23). The molecule has 0 spiro atoms. The van der Waals surface area contributed by atoms with Crippen molar-refractivity contribution >= 4 is 63.5 Å². The summed E-state index contributed by atoms with van der Waals surface area (Å²) in [5.41, 5.74) is 0.639. The van der Waals surface area contributed by atoms with Crippen LogP contribution >= 0.6 is 34.8 Å². The normalized spacial score (nSPS) is 10.4. The lowest BCUT2D eigenvalue weighted by Crippen LogP contribution is -2.05. The zero-order valence-electron chi connectivity index (χ0n) is 12.9. The highest BCUT2D eigenvalue weighted by Crippen LogP contribution is 2.35. The van der Waals surface area contributed by atoms with Gasteiger partial charge in [-0.1, -0.05) is 46.9 Å². The fraction of sp³-hybridized carbons (Fsp3) is 0. The minimum atomic E-state index is -0.584. The molecule has 26 heavy (non-hydrogen) atoms. The lowest BCUT2D eigenvalue weighted by molar-refractivity contribution is -0.383. The number of halogens is 3. The number of nitro groups is 1. The van der Waals surface area contributed by atoms with Crippen molar-refractivity contribution in [3.05, 3.63) is 74.0 Å². The summed E-state index contributed by atoms with van der Waals surface area (Å²) in [6.45, 7) is 0. The summed E-state index contributed by atoms with van der Waals surface area (Å²) in [5.74, 6) is -0.00129. The Balaban J connectivity index is 1.99. The summed E-state index contributed by atoms with van der Waals surface area (Å²) in [6.07, 6.45) is 1.20. The number of nitrogens with one attached hydrogen (secondary N) is 2. The predicted octanol–water partition coefficient (Wildman–Crippen LogP) is 5.83. The Morgan fingerprint density at radius 3 is 2.23 bits per heavy atom. The molecule has 1 aromatic heterocycles. The smallest absolute Gasteiger partial charge is 0.334 e. The van der Waals surface area contributed by atoms with Crippen LogP contribution in [0.4, 0.5) is 28.7 Å². The van der Waals surface area contributed by atoms with Crippen molar-refractivity contribution in [3.63, 3.8) is 0 Å². The average molecular weight is 411 g/mol. The van der Waals surface area contributed by atoms with Gasteiger partial charge in [0.15, 0.2) is 0 Å². The molecule has 3 rings (SSSR count). The molecule has 10 heteroatoms. The average Bonchev–Trinajstić information content (AvgIpc) is 2.60. The van der Waals surface area contributed by atoms with Gasteiger partial charge in [-0.2, -0.15) is 0 Å². The van der Waals surface area contributed by atoms with Crippen LogP contribution < -0.4 is 10.6 Å². The van der Waals surface area contributed by atoms with E-state index < -0.39 is 4.92 Å². The first kappa shape index (κ1) is 18.2. The molecule has 0 fully saturated rings. The molecule has 0 bridgehead atoms. The Morgan fingerprint density at radius 2 is 1.58 bits per heavy atom. The number of nitrogens with zero attached hydrogens (tertiary/aromatic N) is 3. The monoisotopic (exact) mass is 409 g/mol. The van der Waals surface area contributed by atoms with Gasteiger partial charge in [0.1, 0.15) is 6.33 Å². The fourth-order valence-electron chi connectivity index (χ4n) is 2.14. The van der Waals surface area contributed by atoms with Gasteiger partial charge in [-0.15, -0.1) is 0 Å². The van der Waals surface area contributed by atoms with Crippen LogP contribution in [-0.4, -0.2) is 14.9 Å². The van der Waals surface area contributed by atoms with Crippen molar-refractivity contribution < 1.29 is 4.92 Å². The minimum absolute atomic E-state index is 0.000612. The lowest BCUT2D eigenvalue weighted by atomic mass is 10.3. The maximum atomic E-state index is 11.6. The van der Waals surface area contributed by atoms with Gasteiger partial charge in [0, 0.05) is 5.69 Å². The van der Waals surface area contributed by atoms with Gasteiger partial charge in [0.05, 0.1) is 25.7 Å². The summed E-state index contributed by atoms with van der Waals surface area (Å²) >= 11 is 17.9. The van der Waals surface area contributed by atoms with Crippen molar-refractivity contribution in [2.24, 2.45) is 0 Å². The third kappa shape index (κ3) is 3.96. The molecule has 3 aromatic rings. The van der Waals surface area contributed by atoms with Crippen molar-refractivity contribution in [1.82, 2.24) is 9.97 Å². The second kappa shape index (κ2) is 7.74. The molecule has 0 aliphatic rings. The summed E-state index contributed by atoms with van der Waals surface area (Å²) < 4.78 is 0. The van der Waals surface area contributed by atoms with Crippen LogP contribution in [0.5, 0.6) is 0 Å². The summed E-state index contributed by atoms with van der Waals surface area (Å²) in [4.78, 5) is 18.9. The van der Waals surface area contributed by atoms with Crippen molar-refractivity contribution in [3.8, 4) is 0 Å². The molecule has 2 N–H and O–H groups in total. The summed E-state index contributed by atoms with van der Waals surface area (Å²) in [5, 5.41) is 18.4. The zero-order chi connectivity index (χ0) is 18.7. The second-order valence-electron chi connectivity index (χ2n) is 5.04. The molecule has 2 aromatic carbocycles. The maximum Gasteiger partial charge on any atom is 0.353 e. The van der Waals surface area contributed by atoms with Gasteiger partial charge in [0.25, 0.3) is 0 Å². The molecule has 1 heterocycles. The van der Waals surface area contributed by atoms with Gasteiger partial charge in [-0.05, 0) is 30.3 Å². The molecular formula is C16H10Cl3N5O2. The van der Waals surface area contributed by atoms with Crippen LogP contribution in [0.15, 0.2) is 48.8 Å². The Kier molecular flexibility index (Phi) is 5.41. The van der Waals surface area contributed by atoms with E-state index in [1.807, 2.05) is 0 Å². The highest BCUT2D eigenvalue weighted by molar-refractivity contribution is 6.42. The third-order valence-corrected chi connectivity index (χ3v) is 4.38. The second-order valence-corrected chi connectivity index (χ2v) is 6.26. The van der Waals surface area contributed by atoms with Gasteiger partial charge >= 0.3 is 5.69 Å². The van der Waals surface area contributed by atoms with Crippen LogP contribution in [0.25, 0.3) is 0 Å². The first-order chi connectivity index (χ1) is 12.5. The quantitative estimate of drug-likeness (QED) is 0.406. The summed E-state index contributed by atoms with van der Waals surface area (Å²) in [7, 11) is 0. The van der Waals surface area contributed by atoms with E-state index in [0.717, 1.165) is 0 Å². The number of hydrogen-bond donors (Lipinski definition) is 2. The Labute approximate surface area is 163 Å². The number of benzene rings is 2. The number of rotatable bonds is 5. The van der Waals surface area contributed by atoms with Crippen molar-refractivity contribution in [2.75, 3.05) is 10.6 Å². The fourth-order valence-corrected chi connectivity index (χ4v) is 2.62. The predicted molar refractivity (Wildman–Crippen MR) is 103 cm³/mol. The van der Waals surface area contributed by atoms with Crippen LogP contribution in [0.1, 0.15) is 0 Å². The molecule has 7 nitrogen and oxygen atoms in total. The van der Waals surface area contributed by atoms with Gasteiger partial charge in [-0.3, -0.25) is 10.1 Å². The molecule has 132 valence electrons. The van der Waals surface area contributed by atoms with E-state index in [1.165, 1.54) is 12.4 Å². The number of aromatic nitrogens is 2. The number of hydrogen-bond acceptors (Lipinski definition) is 6. The SMILES string of the molecule is O=[N+]([O-])c1c(Nc2ccc(Cl)c(Cl)c2)ncnc1Nc1ccccc1Cl. The van der Waals surface area contributed by atoms with Crippen LogP contribution in [0.2, 0.25) is 15.1 Å². The highest BCUT2D eigenvalue weighted by Gasteiger charge is 2.24. The van der Waals surface area contributed by atoms with E-state index in [9.17, 15) is 10.1 Å². The van der Waals surface area contributed by atoms with E-state index in [-0.39, 0.29) is 17.3 Å². The molecule has 0 unspecified atom stereocenters. The topological polar surface area (TPSA) is 93.0 Å². The van der Waals surface area contributed by atoms with Crippen molar-refractivity contribution in [1.29, 1.82) is 0 Å². The molecule has 0 saturated heterocycles. The largest absolute Gasteiger partial charge is 0.353 e. The minimum Gasteiger partial charge on any atom is -0.334 e. The number of para-hydroxylation sites is 1. The van der Waals surface area contributed by atoms with E-state index in [2.05, 4.69) is 20.6 Å². The first-order valence-corrected chi connectivity index (χ1v) is 8.32. The molecule has 0 aliphatic carbocycles. The highest BCUT2D eigenvalue weighted by atomic mass is 35.5.